The molecule has 0 saturated carbocycles. The molecule has 0 amide bonds. The smallest absolute Gasteiger partial charge is 0.137 e. The van der Waals surface area contributed by atoms with Crippen LogP contribution in [0.25, 0.3) is 22.2 Å². The Kier molecular flexibility index (Phi) is 1.96. The van der Waals surface area contributed by atoms with Crippen LogP contribution >= 0.6 is 0 Å². The highest BCUT2D eigenvalue weighted by Crippen LogP contribution is 2.26. The molecule has 0 radical (unpaired) electrons. The lowest BCUT2D eigenvalue weighted by molar-refractivity contribution is 0.628. The summed E-state index contributed by atoms with van der Waals surface area (Å²) in [6, 6.07) is 10.4. The predicted octanol–water partition coefficient (Wildman–Crippen LogP) is 3.37. The Bertz CT molecular complexity index is 643. The van der Waals surface area contributed by atoms with Crippen molar-refractivity contribution in [3.05, 3.63) is 54.6 Å². The van der Waals surface area contributed by atoms with Crippen LogP contribution in [0.5, 0.6) is 0 Å². The quantitative estimate of drug-likeness (QED) is 0.658. The van der Waals surface area contributed by atoms with Gasteiger partial charge in [0.25, 0.3) is 0 Å². The number of aromatic nitrogens is 2. The number of nitrogens with zero attached hydrogens (tertiary/aromatic N) is 1. The molecule has 2 heterocycles. The molecule has 0 bridgehead atoms. The highest BCUT2D eigenvalue weighted by atomic mass is 19.1. The molecule has 3 aromatic rings. The molecule has 1 N–H and O–H groups in total. The van der Waals surface area contributed by atoms with Crippen molar-refractivity contribution in [1.29, 1.82) is 0 Å². The first-order valence-corrected chi connectivity index (χ1v) is 5.02. The average Bonchev–Trinajstić information content (AvgIpc) is 2.76. The molecule has 0 aliphatic heterocycles. The van der Waals surface area contributed by atoms with E-state index in [0.717, 1.165) is 22.2 Å². The second-order valence-electron chi connectivity index (χ2n) is 3.61. The van der Waals surface area contributed by atoms with Gasteiger partial charge in [-0.1, -0.05) is 12.1 Å². The molecule has 2 aromatic heterocycles. The van der Waals surface area contributed by atoms with E-state index in [2.05, 4.69) is 9.97 Å². The van der Waals surface area contributed by atoms with Crippen LogP contribution in [0.1, 0.15) is 0 Å². The first kappa shape index (κ1) is 9.09. The van der Waals surface area contributed by atoms with Crippen molar-refractivity contribution in [3.8, 4) is 11.1 Å². The highest BCUT2D eigenvalue weighted by Gasteiger charge is 2.05. The zero-order chi connectivity index (χ0) is 11.0. The van der Waals surface area contributed by atoms with E-state index in [1.54, 1.807) is 12.3 Å². The molecule has 2 nitrogen and oxygen atoms in total. The minimum absolute atomic E-state index is 0.224. The maximum Gasteiger partial charge on any atom is 0.137 e. The molecule has 0 spiro atoms. The molecule has 3 heteroatoms. The van der Waals surface area contributed by atoms with Gasteiger partial charge in [-0.15, -0.1) is 0 Å². The van der Waals surface area contributed by atoms with Gasteiger partial charge in [0.15, 0.2) is 0 Å². The molecule has 16 heavy (non-hydrogen) atoms. The number of halogens is 1. The summed E-state index contributed by atoms with van der Waals surface area (Å²) in [7, 11) is 0. The van der Waals surface area contributed by atoms with Crippen molar-refractivity contribution in [2.75, 3.05) is 0 Å². The van der Waals surface area contributed by atoms with E-state index in [9.17, 15) is 4.39 Å². The molecule has 0 atom stereocenters. The van der Waals surface area contributed by atoms with Crippen molar-refractivity contribution >= 4 is 11.0 Å². The summed E-state index contributed by atoms with van der Waals surface area (Å²) in [6.07, 6.45) is 3.56. The molecule has 0 fully saturated rings. The second-order valence-corrected chi connectivity index (χ2v) is 3.61. The fraction of sp³-hybridized carbons (Fsp3) is 0. The summed E-state index contributed by atoms with van der Waals surface area (Å²) >= 11 is 0. The number of pyridine rings is 1. The molecule has 0 saturated heterocycles. The fourth-order valence-corrected chi connectivity index (χ4v) is 1.87. The molecular weight excluding hydrogens is 203 g/mol. The van der Waals surface area contributed by atoms with Gasteiger partial charge in [-0.3, -0.25) is 0 Å². The van der Waals surface area contributed by atoms with Gasteiger partial charge in [0.1, 0.15) is 11.5 Å². The molecule has 78 valence electrons. The average molecular weight is 212 g/mol. The lowest BCUT2D eigenvalue weighted by atomic mass is 10.0. The van der Waals surface area contributed by atoms with Gasteiger partial charge >= 0.3 is 0 Å². The number of nitrogens with one attached hydrogen (secondary N) is 1. The number of benzene rings is 1. The van der Waals surface area contributed by atoms with Crippen LogP contribution in [0.4, 0.5) is 4.39 Å². The van der Waals surface area contributed by atoms with Crippen molar-refractivity contribution in [2.45, 2.75) is 0 Å². The summed E-state index contributed by atoms with van der Waals surface area (Å²) in [5.74, 6) is -0.224. The van der Waals surface area contributed by atoms with E-state index in [4.69, 9.17) is 0 Å². The molecular formula is C13H9FN2. The standard InChI is InChI=1S/C13H9FN2/c14-10-3-1-2-9(8-10)11-4-6-15-13-12(11)5-7-16-13/h1-8H,(H,15,16). The van der Waals surface area contributed by atoms with E-state index in [0.29, 0.717) is 0 Å². The minimum Gasteiger partial charge on any atom is -0.346 e. The van der Waals surface area contributed by atoms with Gasteiger partial charge in [-0.25, -0.2) is 9.37 Å². The van der Waals surface area contributed by atoms with Crippen LogP contribution in [0.2, 0.25) is 0 Å². The number of aromatic amines is 1. The maximum atomic E-state index is 13.2. The Labute approximate surface area is 91.8 Å². The fourth-order valence-electron chi connectivity index (χ4n) is 1.87. The predicted molar refractivity (Wildman–Crippen MR) is 61.5 cm³/mol. The SMILES string of the molecule is Fc1cccc(-c2ccnc3[nH]ccc23)c1. The molecule has 0 aliphatic carbocycles. The maximum absolute atomic E-state index is 13.2. The lowest BCUT2D eigenvalue weighted by Crippen LogP contribution is -1.83. The Morgan fingerprint density at radius 3 is 2.94 bits per heavy atom. The van der Waals surface area contributed by atoms with Gasteiger partial charge in [-0.2, -0.15) is 0 Å². The molecule has 0 aliphatic rings. The lowest BCUT2D eigenvalue weighted by Gasteiger charge is -2.02. The van der Waals surface area contributed by atoms with Crippen molar-refractivity contribution < 1.29 is 4.39 Å². The zero-order valence-electron chi connectivity index (χ0n) is 8.44. The van der Waals surface area contributed by atoms with E-state index in [1.807, 2.05) is 24.4 Å². The van der Waals surface area contributed by atoms with Crippen LogP contribution in [-0.4, -0.2) is 9.97 Å². The summed E-state index contributed by atoms with van der Waals surface area (Å²) in [5.41, 5.74) is 2.68. The van der Waals surface area contributed by atoms with E-state index in [1.165, 1.54) is 12.1 Å². The Morgan fingerprint density at radius 2 is 2.06 bits per heavy atom. The van der Waals surface area contributed by atoms with Crippen LogP contribution in [0.15, 0.2) is 48.8 Å². The third kappa shape index (κ3) is 1.37. The van der Waals surface area contributed by atoms with E-state index >= 15 is 0 Å². The van der Waals surface area contributed by atoms with Gasteiger partial charge in [0.05, 0.1) is 0 Å². The van der Waals surface area contributed by atoms with Crippen molar-refractivity contribution in [2.24, 2.45) is 0 Å². The number of rotatable bonds is 1. The minimum atomic E-state index is -0.224. The number of fused-ring (bicyclic) bond motifs is 1. The summed E-state index contributed by atoms with van der Waals surface area (Å²) < 4.78 is 13.2. The van der Waals surface area contributed by atoms with Crippen LogP contribution in [0.3, 0.4) is 0 Å². The Balaban J connectivity index is 2.29. The Morgan fingerprint density at radius 1 is 1.12 bits per heavy atom. The largest absolute Gasteiger partial charge is 0.346 e. The summed E-state index contributed by atoms with van der Waals surface area (Å²) in [4.78, 5) is 7.24. The monoisotopic (exact) mass is 212 g/mol. The van der Waals surface area contributed by atoms with Crippen LogP contribution < -0.4 is 0 Å². The third-order valence-electron chi connectivity index (χ3n) is 2.60. The zero-order valence-corrected chi connectivity index (χ0v) is 8.44. The number of H-pyrrole nitrogens is 1. The topological polar surface area (TPSA) is 28.7 Å². The summed E-state index contributed by atoms with van der Waals surface area (Å²) in [6.45, 7) is 0. The molecule has 1 aromatic carbocycles. The first-order valence-electron chi connectivity index (χ1n) is 5.02. The highest BCUT2D eigenvalue weighted by molar-refractivity contribution is 5.92. The van der Waals surface area contributed by atoms with E-state index < -0.39 is 0 Å². The van der Waals surface area contributed by atoms with E-state index in [-0.39, 0.29) is 5.82 Å². The van der Waals surface area contributed by atoms with Crippen molar-refractivity contribution in [3.63, 3.8) is 0 Å². The Hall–Kier alpha value is -2.16. The molecule has 0 unspecified atom stereocenters. The first-order chi connectivity index (χ1) is 7.84. The third-order valence-corrected chi connectivity index (χ3v) is 2.60. The molecule has 3 rings (SSSR count). The van der Waals surface area contributed by atoms with Gasteiger partial charge in [0.2, 0.25) is 0 Å². The van der Waals surface area contributed by atoms with Crippen molar-refractivity contribution in [1.82, 2.24) is 9.97 Å². The second kappa shape index (κ2) is 3.45. The van der Waals surface area contributed by atoms with Crippen LogP contribution in [-0.2, 0) is 0 Å². The number of hydrogen-bond donors (Lipinski definition) is 1. The normalized spacial score (nSPS) is 10.8. The van der Waals surface area contributed by atoms with Crippen LogP contribution in [0, 0.1) is 5.82 Å². The summed E-state index contributed by atoms with van der Waals surface area (Å²) in [5, 5.41) is 1.01. The van der Waals surface area contributed by atoms with Gasteiger partial charge in [0, 0.05) is 17.8 Å². The van der Waals surface area contributed by atoms with Gasteiger partial charge in [-0.05, 0) is 35.4 Å². The number of hydrogen-bond acceptors (Lipinski definition) is 1. The van der Waals surface area contributed by atoms with Gasteiger partial charge < -0.3 is 4.98 Å².